The highest BCUT2D eigenvalue weighted by atomic mass is 16.1. The topological polar surface area (TPSA) is 48.0 Å². The summed E-state index contributed by atoms with van der Waals surface area (Å²) >= 11 is 0. The molecule has 1 aromatic carbocycles. The van der Waals surface area contributed by atoms with Crippen molar-refractivity contribution >= 4 is 0 Å². The number of hydrogen-bond acceptors (Lipinski definition) is 2. The predicted octanol–water partition coefficient (Wildman–Crippen LogP) is 2.80. The van der Waals surface area contributed by atoms with Crippen LogP contribution in [0.5, 0.6) is 0 Å². The molecule has 0 spiro atoms. The van der Waals surface area contributed by atoms with Crippen LogP contribution in [0, 0.1) is 0 Å². The smallest absolute Gasteiger partial charge is 0.255 e. The van der Waals surface area contributed by atoms with Gasteiger partial charge >= 0.3 is 0 Å². The largest absolute Gasteiger partial charge is 0.320 e. The molecule has 1 atom stereocenters. The first-order chi connectivity index (χ1) is 10.2. The minimum atomic E-state index is -0.344. The monoisotopic (exact) mass is 282 g/mol. The Morgan fingerprint density at radius 3 is 2.62 bits per heavy atom. The third-order valence-corrected chi connectivity index (χ3v) is 4.44. The van der Waals surface area contributed by atoms with Gasteiger partial charge < -0.3 is 10.3 Å². The fourth-order valence-electron chi connectivity index (χ4n) is 3.30. The van der Waals surface area contributed by atoms with Gasteiger partial charge in [0.05, 0.1) is 6.04 Å². The molecule has 0 bridgehead atoms. The molecular formula is C18H22N2O. The van der Waals surface area contributed by atoms with Crippen LogP contribution in [0.25, 0.3) is 0 Å². The van der Waals surface area contributed by atoms with Gasteiger partial charge in [-0.15, -0.1) is 0 Å². The molecule has 1 unspecified atom stereocenters. The SMILES string of the molecule is CCn1c2c(cc(C(N)c3ccccc3)c1=O)CCCC2. The van der Waals surface area contributed by atoms with E-state index in [2.05, 4.69) is 6.07 Å². The van der Waals surface area contributed by atoms with Crippen LogP contribution in [-0.4, -0.2) is 4.57 Å². The minimum Gasteiger partial charge on any atom is -0.320 e. The van der Waals surface area contributed by atoms with Crippen molar-refractivity contribution in [1.82, 2.24) is 4.57 Å². The fraction of sp³-hybridized carbons (Fsp3) is 0.389. The number of aryl methyl sites for hydroxylation is 1. The van der Waals surface area contributed by atoms with Crippen LogP contribution in [0.15, 0.2) is 41.2 Å². The summed E-state index contributed by atoms with van der Waals surface area (Å²) in [5, 5.41) is 0. The maximum Gasteiger partial charge on any atom is 0.255 e. The van der Waals surface area contributed by atoms with Crippen molar-refractivity contribution in [1.29, 1.82) is 0 Å². The Hall–Kier alpha value is -1.87. The molecule has 3 nitrogen and oxygen atoms in total. The fourth-order valence-corrected chi connectivity index (χ4v) is 3.30. The number of pyridine rings is 1. The highest BCUT2D eigenvalue weighted by Crippen LogP contribution is 2.24. The van der Waals surface area contributed by atoms with Crippen molar-refractivity contribution in [3.63, 3.8) is 0 Å². The van der Waals surface area contributed by atoms with E-state index < -0.39 is 0 Å². The third-order valence-electron chi connectivity index (χ3n) is 4.44. The molecule has 1 aromatic heterocycles. The average Bonchev–Trinajstić information content (AvgIpc) is 2.54. The quantitative estimate of drug-likeness (QED) is 0.941. The maximum atomic E-state index is 12.8. The second-order valence-corrected chi connectivity index (χ2v) is 5.72. The normalized spacial score (nSPS) is 15.5. The first-order valence-electron chi connectivity index (χ1n) is 7.78. The van der Waals surface area contributed by atoms with Crippen LogP contribution < -0.4 is 11.3 Å². The van der Waals surface area contributed by atoms with Gasteiger partial charge in [0.15, 0.2) is 0 Å². The van der Waals surface area contributed by atoms with Crippen LogP contribution in [0.4, 0.5) is 0 Å². The zero-order valence-corrected chi connectivity index (χ0v) is 12.5. The zero-order valence-electron chi connectivity index (χ0n) is 12.5. The molecule has 1 aliphatic carbocycles. The number of fused-ring (bicyclic) bond motifs is 1. The molecule has 2 aromatic rings. The van der Waals surface area contributed by atoms with Crippen molar-refractivity contribution in [2.45, 2.75) is 45.2 Å². The van der Waals surface area contributed by atoms with Crippen molar-refractivity contribution in [2.75, 3.05) is 0 Å². The molecule has 1 aliphatic rings. The van der Waals surface area contributed by atoms with E-state index in [4.69, 9.17) is 5.73 Å². The Morgan fingerprint density at radius 1 is 1.19 bits per heavy atom. The van der Waals surface area contributed by atoms with Crippen LogP contribution in [0.2, 0.25) is 0 Å². The number of rotatable bonds is 3. The molecule has 0 radical (unpaired) electrons. The van der Waals surface area contributed by atoms with Crippen LogP contribution in [0.3, 0.4) is 0 Å². The van der Waals surface area contributed by atoms with Crippen LogP contribution >= 0.6 is 0 Å². The molecule has 0 aliphatic heterocycles. The predicted molar refractivity (Wildman–Crippen MR) is 85.5 cm³/mol. The summed E-state index contributed by atoms with van der Waals surface area (Å²) in [5.41, 5.74) is 10.7. The molecule has 110 valence electrons. The molecule has 21 heavy (non-hydrogen) atoms. The molecule has 3 heteroatoms. The van der Waals surface area contributed by atoms with Gasteiger partial charge in [0.2, 0.25) is 0 Å². The third kappa shape index (κ3) is 2.54. The second kappa shape index (κ2) is 5.86. The summed E-state index contributed by atoms with van der Waals surface area (Å²) in [6.45, 7) is 2.75. The summed E-state index contributed by atoms with van der Waals surface area (Å²) in [6.07, 6.45) is 4.45. The number of nitrogens with zero attached hydrogens (tertiary/aromatic N) is 1. The van der Waals surface area contributed by atoms with E-state index in [0.717, 1.165) is 30.5 Å². The van der Waals surface area contributed by atoms with Gasteiger partial charge in [0.1, 0.15) is 0 Å². The summed E-state index contributed by atoms with van der Waals surface area (Å²) in [5.74, 6) is 0. The van der Waals surface area contributed by atoms with Gasteiger partial charge in [-0.1, -0.05) is 30.3 Å². The standard InChI is InChI=1S/C18H22N2O/c1-2-20-16-11-7-6-10-14(16)12-15(18(20)21)17(19)13-8-4-3-5-9-13/h3-5,8-9,12,17H,2,6-7,10-11,19H2,1H3. The van der Waals surface area contributed by atoms with Crippen molar-refractivity contribution < 1.29 is 0 Å². The molecule has 0 saturated carbocycles. The van der Waals surface area contributed by atoms with Gasteiger partial charge in [-0.2, -0.15) is 0 Å². The molecule has 0 amide bonds. The molecule has 0 fully saturated rings. The molecular weight excluding hydrogens is 260 g/mol. The summed E-state index contributed by atoms with van der Waals surface area (Å²) in [4.78, 5) is 12.8. The van der Waals surface area contributed by atoms with E-state index in [1.165, 1.54) is 24.1 Å². The first kappa shape index (κ1) is 14.1. The van der Waals surface area contributed by atoms with E-state index >= 15 is 0 Å². The number of aromatic nitrogens is 1. The summed E-state index contributed by atoms with van der Waals surface area (Å²) in [7, 11) is 0. The Bertz CT molecular complexity index is 688. The van der Waals surface area contributed by atoms with Crippen LogP contribution in [-0.2, 0) is 19.4 Å². The Morgan fingerprint density at radius 2 is 1.90 bits per heavy atom. The van der Waals surface area contributed by atoms with E-state index in [1.54, 1.807) is 0 Å². The van der Waals surface area contributed by atoms with Crippen molar-refractivity contribution in [3.05, 3.63) is 69.1 Å². The Labute approximate surface area is 125 Å². The highest BCUT2D eigenvalue weighted by molar-refractivity contribution is 5.35. The van der Waals surface area contributed by atoms with E-state index in [-0.39, 0.29) is 11.6 Å². The van der Waals surface area contributed by atoms with Crippen LogP contribution in [0.1, 0.15) is 48.2 Å². The lowest BCUT2D eigenvalue weighted by Crippen LogP contribution is -2.32. The van der Waals surface area contributed by atoms with Gasteiger partial charge in [-0.3, -0.25) is 4.79 Å². The Kier molecular flexibility index (Phi) is 3.93. The Balaban J connectivity index is 2.13. The lowest BCUT2D eigenvalue weighted by molar-refractivity contribution is 0.582. The first-order valence-corrected chi connectivity index (χ1v) is 7.78. The van der Waals surface area contributed by atoms with Crippen molar-refractivity contribution in [3.8, 4) is 0 Å². The van der Waals surface area contributed by atoms with Gasteiger partial charge in [0, 0.05) is 17.8 Å². The van der Waals surface area contributed by atoms with Gasteiger partial charge in [-0.25, -0.2) is 0 Å². The second-order valence-electron chi connectivity index (χ2n) is 5.72. The van der Waals surface area contributed by atoms with Gasteiger partial charge in [-0.05, 0) is 49.8 Å². The molecule has 2 N–H and O–H groups in total. The molecule has 0 saturated heterocycles. The molecule has 3 rings (SSSR count). The minimum absolute atomic E-state index is 0.0782. The highest BCUT2D eigenvalue weighted by Gasteiger charge is 2.20. The summed E-state index contributed by atoms with van der Waals surface area (Å²) < 4.78 is 1.92. The zero-order chi connectivity index (χ0) is 14.8. The number of nitrogens with two attached hydrogens (primary N) is 1. The summed E-state index contributed by atoms with van der Waals surface area (Å²) in [6, 6.07) is 11.6. The average molecular weight is 282 g/mol. The lowest BCUT2D eigenvalue weighted by atomic mass is 9.91. The number of benzene rings is 1. The lowest BCUT2D eigenvalue weighted by Gasteiger charge is -2.23. The maximum absolute atomic E-state index is 12.8. The molecule has 1 heterocycles. The van der Waals surface area contributed by atoms with E-state index in [1.807, 2.05) is 41.8 Å². The van der Waals surface area contributed by atoms with E-state index in [0.29, 0.717) is 0 Å². The number of hydrogen-bond donors (Lipinski definition) is 1. The van der Waals surface area contributed by atoms with Gasteiger partial charge in [0.25, 0.3) is 5.56 Å². The van der Waals surface area contributed by atoms with Crippen molar-refractivity contribution in [2.24, 2.45) is 5.73 Å². The van der Waals surface area contributed by atoms with E-state index in [9.17, 15) is 4.79 Å².